The van der Waals surface area contributed by atoms with Crippen LogP contribution in [0.25, 0.3) is 0 Å². The maximum Gasteiger partial charge on any atom is 0.159 e. The highest BCUT2D eigenvalue weighted by Crippen LogP contribution is 2.27. The van der Waals surface area contributed by atoms with Gasteiger partial charge in [-0.15, -0.1) is 0 Å². The minimum absolute atomic E-state index is 0.207. The summed E-state index contributed by atoms with van der Waals surface area (Å²) in [7, 11) is 0. The van der Waals surface area contributed by atoms with Crippen LogP contribution in [0.1, 0.15) is 51.1 Å². The highest BCUT2D eigenvalue weighted by molar-refractivity contribution is 5.21. The summed E-state index contributed by atoms with van der Waals surface area (Å²) in [5, 5.41) is 0. The standard InChI is InChI=1S/C14H21F2N/c1-3-5-6-10(4-2)14(17)11-7-8-12(15)13(16)9-11/h7-10,14H,3-6,17H2,1-2H3. The van der Waals surface area contributed by atoms with Crippen molar-refractivity contribution < 1.29 is 8.78 Å². The third kappa shape index (κ3) is 3.77. The molecule has 17 heavy (non-hydrogen) atoms. The molecular formula is C14H21F2N. The summed E-state index contributed by atoms with van der Waals surface area (Å²) >= 11 is 0. The van der Waals surface area contributed by atoms with Gasteiger partial charge in [0.25, 0.3) is 0 Å². The summed E-state index contributed by atoms with van der Waals surface area (Å²) in [5.74, 6) is -1.30. The number of halogens is 2. The van der Waals surface area contributed by atoms with E-state index in [1.54, 1.807) is 6.07 Å². The van der Waals surface area contributed by atoms with Gasteiger partial charge in [0.2, 0.25) is 0 Å². The predicted octanol–water partition coefficient (Wildman–Crippen LogP) is 4.18. The number of nitrogens with two attached hydrogens (primary N) is 1. The van der Waals surface area contributed by atoms with Crippen LogP contribution in [0.2, 0.25) is 0 Å². The van der Waals surface area contributed by atoms with E-state index in [1.165, 1.54) is 6.07 Å². The highest BCUT2D eigenvalue weighted by atomic mass is 19.2. The Morgan fingerprint density at radius 1 is 1.18 bits per heavy atom. The molecule has 0 spiro atoms. The lowest BCUT2D eigenvalue weighted by Gasteiger charge is -2.23. The molecule has 2 N–H and O–H groups in total. The molecule has 0 bridgehead atoms. The van der Waals surface area contributed by atoms with Gasteiger partial charge in [0.1, 0.15) is 0 Å². The SMILES string of the molecule is CCCCC(CC)C(N)c1ccc(F)c(F)c1. The first-order valence-electron chi connectivity index (χ1n) is 6.30. The Labute approximate surface area is 102 Å². The van der Waals surface area contributed by atoms with E-state index in [0.717, 1.165) is 31.7 Å². The van der Waals surface area contributed by atoms with Crippen LogP contribution in [-0.2, 0) is 0 Å². The van der Waals surface area contributed by atoms with Crippen molar-refractivity contribution in [3.63, 3.8) is 0 Å². The largest absolute Gasteiger partial charge is 0.324 e. The Kier molecular flexibility index (Phi) is 5.56. The van der Waals surface area contributed by atoms with Crippen molar-refractivity contribution in [2.24, 2.45) is 11.7 Å². The van der Waals surface area contributed by atoms with Gasteiger partial charge in [-0.25, -0.2) is 8.78 Å². The van der Waals surface area contributed by atoms with E-state index < -0.39 is 11.6 Å². The van der Waals surface area contributed by atoms with Crippen LogP contribution in [0.3, 0.4) is 0 Å². The molecule has 0 radical (unpaired) electrons. The van der Waals surface area contributed by atoms with Crippen LogP contribution in [0.4, 0.5) is 8.78 Å². The van der Waals surface area contributed by atoms with E-state index in [9.17, 15) is 8.78 Å². The van der Waals surface area contributed by atoms with Gasteiger partial charge in [0.05, 0.1) is 0 Å². The normalized spacial score (nSPS) is 14.6. The molecule has 0 aromatic heterocycles. The van der Waals surface area contributed by atoms with Crippen molar-refractivity contribution in [2.45, 2.75) is 45.6 Å². The summed E-state index contributed by atoms with van der Waals surface area (Å²) in [6.07, 6.45) is 4.24. The van der Waals surface area contributed by atoms with Crippen molar-refractivity contribution in [1.29, 1.82) is 0 Å². The molecular weight excluding hydrogens is 220 g/mol. The molecule has 0 saturated heterocycles. The molecule has 2 atom stereocenters. The van der Waals surface area contributed by atoms with Gasteiger partial charge in [-0.05, 0) is 30.0 Å². The fourth-order valence-electron chi connectivity index (χ4n) is 2.10. The van der Waals surface area contributed by atoms with Crippen LogP contribution in [0.5, 0.6) is 0 Å². The number of rotatable bonds is 6. The topological polar surface area (TPSA) is 26.0 Å². The Morgan fingerprint density at radius 3 is 2.41 bits per heavy atom. The van der Waals surface area contributed by atoms with Gasteiger partial charge in [-0.3, -0.25) is 0 Å². The molecule has 0 aliphatic carbocycles. The van der Waals surface area contributed by atoms with E-state index in [4.69, 9.17) is 5.73 Å². The summed E-state index contributed by atoms with van der Waals surface area (Å²) < 4.78 is 26.0. The van der Waals surface area contributed by atoms with Crippen molar-refractivity contribution >= 4 is 0 Å². The van der Waals surface area contributed by atoms with Crippen LogP contribution < -0.4 is 5.73 Å². The average Bonchev–Trinajstić information content (AvgIpc) is 2.33. The molecule has 2 unspecified atom stereocenters. The molecule has 0 amide bonds. The average molecular weight is 241 g/mol. The van der Waals surface area contributed by atoms with Crippen LogP contribution in [0, 0.1) is 17.6 Å². The molecule has 0 saturated carbocycles. The predicted molar refractivity (Wildman–Crippen MR) is 66.6 cm³/mol. The second-order valence-corrected chi connectivity index (χ2v) is 4.51. The molecule has 1 nitrogen and oxygen atoms in total. The molecule has 1 aromatic carbocycles. The van der Waals surface area contributed by atoms with Crippen LogP contribution in [0.15, 0.2) is 18.2 Å². The van der Waals surface area contributed by atoms with Gasteiger partial charge in [-0.1, -0.05) is 39.2 Å². The minimum Gasteiger partial charge on any atom is -0.324 e. The molecule has 0 fully saturated rings. The fourth-order valence-corrected chi connectivity index (χ4v) is 2.10. The molecule has 0 aliphatic rings. The third-order valence-corrected chi connectivity index (χ3v) is 3.29. The number of hydrogen-bond donors (Lipinski definition) is 1. The van der Waals surface area contributed by atoms with Crippen molar-refractivity contribution in [3.8, 4) is 0 Å². The van der Waals surface area contributed by atoms with Crippen molar-refractivity contribution in [2.75, 3.05) is 0 Å². The summed E-state index contributed by atoms with van der Waals surface area (Å²) in [5.41, 5.74) is 6.81. The van der Waals surface area contributed by atoms with E-state index in [-0.39, 0.29) is 6.04 Å². The minimum atomic E-state index is -0.817. The maximum absolute atomic E-state index is 13.1. The summed E-state index contributed by atoms with van der Waals surface area (Å²) in [6.45, 7) is 4.22. The molecule has 1 rings (SSSR count). The van der Waals surface area contributed by atoms with Crippen molar-refractivity contribution in [1.82, 2.24) is 0 Å². The lowest BCUT2D eigenvalue weighted by Crippen LogP contribution is -2.21. The first-order chi connectivity index (χ1) is 8.10. The van der Waals surface area contributed by atoms with Gasteiger partial charge >= 0.3 is 0 Å². The number of hydrogen-bond acceptors (Lipinski definition) is 1. The van der Waals surface area contributed by atoms with Gasteiger partial charge in [0, 0.05) is 6.04 Å². The van der Waals surface area contributed by atoms with E-state index >= 15 is 0 Å². The van der Waals surface area contributed by atoms with Gasteiger partial charge in [-0.2, -0.15) is 0 Å². The molecule has 3 heteroatoms. The molecule has 96 valence electrons. The zero-order chi connectivity index (χ0) is 12.8. The lowest BCUT2D eigenvalue weighted by molar-refractivity contribution is 0.376. The smallest absolute Gasteiger partial charge is 0.159 e. The summed E-state index contributed by atoms with van der Waals surface area (Å²) in [6, 6.07) is 3.74. The van der Waals surface area contributed by atoms with Crippen molar-refractivity contribution in [3.05, 3.63) is 35.4 Å². The van der Waals surface area contributed by atoms with E-state index in [1.807, 2.05) is 0 Å². The monoisotopic (exact) mass is 241 g/mol. The van der Waals surface area contributed by atoms with Crippen LogP contribution >= 0.6 is 0 Å². The Morgan fingerprint density at radius 2 is 1.88 bits per heavy atom. The zero-order valence-electron chi connectivity index (χ0n) is 10.5. The van der Waals surface area contributed by atoms with E-state index in [2.05, 4.69) is 13.8 Å². The summed E-state index contributed by atoms with van der Waals surface area (Å²) in [4.78, 5) is 0. The molecule has 0 aliphatic heterocycles. The van der Waals surface area contributed by atoms with E-state index in [0.29, 0.717) is 11.5 Å². The first-order valence-corrected chi connectivity index (χ1v) is 6.30. The zero-order valence-corrected chi connectivity index (χ0v) is 10.5. The number of benzene rings is 1. The van der Waals surface area contributed by atoms with Crippen LogP contribution in [-0.4, -0.2) is 0 Å². The first kappa shape index (κ1) is 14.1. The maximum atomic E-state index is 13.1. The number of unbranched alkanes of at least 4 members (excludes halogenated alkanes) is 1. The highest BCUT2D eigenvalue weighted by Gasteiger charge is 2.18. The second-order valence-electron chi connectivity index (χ2n) is 4.51. The molecule has 0 heterocycles. The lowest BCUT2D eigenvalue weighted by atomic mass is 9.87. The fraction of sp³-hybridized carbons (Fsp3) is 0.571. The Balaban J connectivity index is 2.78. The van der Waals surface area contributed by atoms with Gasteiger partial charge < -0.3 is 5.73 Å². The Hall–Kier alpha value is -0.960. The van der Waals surface area contributed by atoms with Gasteiger partial charge in [0.15, 0.2) is 11.6 Å². The molecule has 1 aromatic rings. The quantitative estimate of drug-likeness (QED) is 0.794. The third-order valence-electron chi connectivity index (χ3n) is 3.29. The second kappa shape index (κ2) is 6.70. The Bertz CT molecular complexity index is 352.